The van der Waals surface area contributed by atoms with Crippen LogP contribution in [0.4, 0.5) is 0 Å². The van der Waals surface area contributed by atoms with Gasteiger partial charge in [-0.3, -0.25) is 0 Å². The molecule has 23 heavy (non-hydrogen) atoms. The van der Waals surface area contributed by atoms with E-state index in [0.29, 0.717) is 11.3 Å². The van der Waals surface area contributed by atoms with E-state index in [1.165, 1.54) is 6.26 Å². The van der Waals surface area contributed by atoms with Crippen LogP contribution >= 0.6 is 0 Å². The molecule has 0 atom stereocenters. The van der Waals surface area contributed by atoms with Crippen LogP contribution in [0.1, 0.15) is 32.9 Å². The molecule has 2 aromatic heterocycles. The van der Waals surface area contributed by atoms with Crippen LogP contribution in [-0.2, 0) is 11.3 Å². The Balaban J connectivity index is 1.70. The van der Waals surface area contributed by atoms with Gasteiger partial charge in [-0.15, -0.1) is 10.2 Å². The van der Waals surface area contributed by atoms with E-state index in [1.54, 1.807) is 12.1 Å². The van der Waals surface area contributed by atoms with Crippen molar-refractivity contribution in [2.75, 3.05) is 0 Å². The zero-order valence-corrected chi connectivity index (χ0v) is 13.1. The Labute approximate surface area is 133 Å². The maximum absolute atomic E-state index is 12.3. The number of furan rings is 1. The Kier molecular flexibility index (Phi) is 3.97. The number of benzene rings is 1. The summed E-state index contributed by atoms with van der Waals surface area (Å²) in [6.07, 6.45) is 1.52. The van der Waals surface area contributed by atoms with E-state index in [1.807, 2.05) is 32.9 Å². The van der Waals surface area contributed by atoms with Crippen molar-refractivity contribution < 1.29 is 18.4 Å². The normalized spacial score (nSPS) is 10.7. The van der Waals surface area contributed by atoms with E-state index in [9.17, 15) is 4.79 Å². The lowest BCUT2D eigenvalue weighted by Crippen LogP contribution is -2.09. The van der Waals surface area contributed by atoms with Gasteiger partial charge in [-0.25, -0.2) is 4.79 Å². The third kappa shape index (κ3) is 3.15. The largest absolute Gasteiger partial charge is 0.459 e. The zero-order chi connectivity index (χ0) is 16.4. The number of carbonyl (C=O) groups is 1. The molecule has 6 nitrogen and oxygen atoms in total. The molecular formula is C17H16N2O4. The molecule has 3 rings (SSSR count). The van der Waals surface area contributed by atoms with Crippen molar-refractivity contribution in [1.82, 2.24) is 10.2 Å². The highest BCUT2D eigenvalue weighted by molar-refractivity contribution is 5.92. The van der Waals surface area contributed by atoms with Crippen LogP contribution in [0.2, 0.25) is 0 Å². The lowest BCUT2D eigenvalue weighted by atomic mass is 10.00. The molecule has 0 N–H and O–H groups in total. The molecular weight excluding hydrogens is 296 g/mol. The third-order valence-electron chi connectivity index (χ3n) is 3.41. The zero-order valence-electron chi connectivity index (χ0n) is 13.1. The van der Waals surface area contributed by atoms with Crippen LogP contribution in [-0.4, -0.2) is 16.2 Å². The first kappa shape index (κ1) is 15.0. The molecule has 0 bridgehead atoms. The van der Waals surface area contributed by atoms with E-state index in [-0.39, 0.29) is 18.4 Å². The highest BCUT2D eigenvalue weighted by Gasteiger charge is 2.17. The summed E-state index contributed by atoms with van der Waals surface area (Å²) in [6, 6.07) is 7.33. The van der Waals surface area contributed by atoms with Crippen LogP contribution in [0.5, 0.6) is 0 Å². The first-order chi connectivity index (χ1) is 11.0. The Bertz CT molecular complexity index is 811. The topological polar surface area (TPSA) is 78.4 Å². The minimum absolute atomic E-state index is 0.0840. The number of nitrogens with zero attached hydrogens (tertiary/aromatic N) is 2. The standard InChI is InChI=1S/C17H16N2O4/c1-10-7-11(2)15(12(3)8-10)17(20)22-9-14-18-19-16(23-14)13-5-4-6-21-13/h4-8H,9H2,1-3H3. The number of aromatic nitrogens is 2. The second-order valence-corrected chi connectivity index (χ2v) is 5.33. The third-order valence-corrected chi connectivity index (χ3v) is 3.41. The molecule has 0 saturated heterocycles. The summed E-state index contributed by atoms with van der Waals surface area (Å²) < 4.78 is 15.8. The molecule has 0 spiro atoms. The average molecular weight is 312 g/mol. The van der Waals surface area contributed by atoms with Gasteiger partial charge < -0.3 is 13.6 Å². The minimum Gasteiger partial charge on any atom is -0.459 e. The van der Waals surface area contributed by atoms with Gasteiger partial charge in [0.05, 0.1) is 11.8 Å². The molecule has 0 unspecified atom stereocenters. The second-order valence-electron chi connectivity index (χ2n) is 5.33. The van der Waals surface area contributed by atoms with Gasteiger partial charge in [0.2, 0.25) is 0 Å². The van der Waals surface area contributed by atoms with Gasteiger partial charge in [0.1, 0.15) is 0 Å². The number of carbonyl (C=O) groups excluding carboxylic acids is 1. The van der Waals surface area contributed by atoms with E-state index in [0.717, 1.165) is 16.7 Å². The first-order valence-electron chi connectivity index (χ1n) is 7.16. The van der Waals surface area contributed by atoms with Gasteiger partial charge in [-0.2, -0.15) is 0 Å². The van der Waals surface area contributed by atoms with Crippen molar-refractivity contribution in [3.8, 4) is 11.7 Å². The van der Waals surface area contributed by atoms with Gasteiger partial charge in [-0.1, -0.05) is 17.7 Å². The van der Waals surface area contributed by atoms with Crippen LogP contribution in [0, 0.1) is 20.8 Å². The molecule has 0 aliphatic rings. The van der Waals surface area contributed by atoms with Crippen LogP contribution < -0.4 is 0 Å². The Hall–Kier alpha value is -2.89. The summed E-state index contributed by atoms with van der Waals surface area (Å²) in [5, 5.41) is 7.70. The van der Waals surface area contributed by atoms with Crippen LogP contribution in [0.3, 0.4) is 0 Å². The predicted octanol–water partition coefficient (Wildman–Crippen LogP) is 3.61. The molecule has 1 aromatic carbocycles. The van der Waals surface area contributed by atoms with E-state index < -0.39 is 5.97 Å². The maximum Gasteiger partial charge on any atom is 0.339 e. The van der Waals surface area contributed by atoms with Crippen molar-refractivity contribution in [1.29, 1.82) is 0 Å². The fourth-order valence-electron chi connectivity index (χ4n) is 2.51. The number of esters is 1. The molecule has 0 radical (unpaired) electrons. The van der Waals surface area contributed by atoms with E-state index in [2.05, 4.69) is 10.2 Å². The SMILES string of the molecule is Cc1cc(C)c(C(=O)OCc2nnc(-c3ccco3)o2)c(C)c1. The summed E-state index contributed by atoms with van der Waals surface area (Å²) in [5.74, 6) is 0.536. The number of hydrogen-bond acceptors (Lipinski definition) is 6. The summed E-state index contributed by atoms with van der Waals surface area (Å²) in [4.78, 5) is 12.3. The molecule has 0 aliphatic heterocycles. The summed E-state index contributed by atoms with van der Waals surface area (Å²) in [6.45, 7) is 5.68. The molecule has 6 heteroatoms. The number of hydrogen-bond donors (Lipinski definition) is 0. The van der Waals surface area contributed by atoms with Crippen LogP contribution in [0.15, 0.2) is 39.4 Å². The van der Waals surface area contributed by atoms with Gasteiger partial charge in [-0.05, 0) is 44.0 Å². The minimum atomic E-state index is -0.405. The lowest BCUT2D eigenvalue weighted by Gasteiger charge is -2.10. The van der Waals surface area contributed by atoms with Gasteiger partial charge in [0.15, 0.2) is 12.4 Å². The number of aryl methyl sites for hydroxylation is 3. The van der Waals surface area contributed by atoms with Crippen molar-refractivity contribution in [3.05, 3.63) is 58.7 Å². The molecule has 0 fully saturated rings. The number of ether oxygens (including phenoxy) is 1. The predicted molar refractivity (Wildman–Crippen MR) is 81.8 cm³/mol. The molecule has 118 valence electrons. The van der Waals surface area contributed by atoms with Crippen molar-refractivity contribution in [3.63, 3.8) is 0 Å². The van der Waals surface area contributed by atoms with E-state index >= 15 is 0 Å². The number of rotatable bonds is 4. The van der Waals surface area contributed by atoms with Gasteiger partial charge in [0, 0.05) is 0 Å². The van der Waals surface area contributed by atoms with Gasteiger partial charge >= 0.3 is 5.97 Å². The van der Waals surface area contributed by atoms with E-state index in [4.69, 9.17) is 13.6 Å². The molecule has 0 amide bonds. The van der Waals surface area contributed by atoms with Crippen molar-refractivity contribution >= 4 is 5.97 Å². The van der Waals surface area contributed by atoms with Gasteiger partial charge in [0.25, 0.3) is 11.8 Å². The Morgan fingerprint density at radius 3 is 2.57 bits per heavy atom. The smallest absolute Gasteiger partial charge is 0.339 e. The summed E-state index contributed by atoms with van der Waals surface area (Å²) in [5.41, 5.74) is 3.45. The maximum atomic E-state index is 12.3. The molecule has 0 saturated carbocycles. The Morgan fingerprint density at radius 2 is 1.91 bits per heavy atom. The van der Waals surface area contributed by atoms with Crippen LogP contribution in [0.25, 0.3) is 11.7 Å². The lowest BCUT2D eigenvalue weighted by molar-refractivity contribution is 0.0437. The average Bonchev–Trinajstić information content (AvgIpc) is 3.15. The second kappa shape index (κ2) is 6.08. The Morgan fingerprint density at radius 1 is 1.17 bits per heavy atom. The quantitative estimate of drug-likeness (QED) is 0.685. The first-order valence-corrected chi connectivity index (χ1v) is 7.16. The summed E-state index contributed by atoms with van der Waals surface area (Å²) >= 11 is 0. The highest BCUT2D eigenvalue weighted by atomic mass is 16.5. The molecule has 0 aliphatic carbocycles. The molecule has 2 heterocycles. The van der Waals surface area contributed by atoms with Crippen molar-refractivity contribution in [2.45, 2.75) is 27.4 Å². The fourth-order valence-corrected chi connectivity index (χ4v) is 2.51. The highest BCUT2D eigenvalue weighted by Crippen LogP contribution is 2.20. The fraction of sp³-hybridized carbons (Fsp3) is 0.235. The summed E-state index contributed by atoms with van der Waals surface area (Å²) in [7, 11) is 0. The monoisotopic (exact) mass is 312 g/mol. The van der Waals surface area contributed by atoms with Crippen molar-refractivity contribution in [2.24, 2.45) is 0 Å². The molecule has 3 aromatic rings.